The fraction of sp³-hybridized carbons (Fsp3) is 0.565. The Morgan fingerprint density at radius 2 is 1.81 bits per heavy atom. The Balaban J connectivity index is 1.26. The molecule has 1 aromatic heterocycles. The van der Waals surface area contributed by atoms with Gasteiger partial charge in [0.1, 0.15) is 10.7 Å². The Morgan fingerprint density at radius 1 is 1.06 bits per heavy atom. The Morgan fingerprint density at radius 3 is 2.55 bits per heavy atom. The van der Waals surface area contributed by atoms with Gasteiger partial charge in [-0.1, -0.05) is 17.7 Å². The van der Waals surface area contributed by atoms with Gasteiger partial charge in [0.2, 0.25) is 5.95 Å². The first-order valence-electron chi connectivity index (χ1n) is 11.4. The van der Waals surface area contributed by atoms with Crippen LogP contribution in [0.2, 0.25) is 0 Å². The lowest BCUT2D eigenvalue weighted by molar-refractivity contribution is 0.0903. The van der Waals surface area contributed by atoms with Gasteiger partial charge in [0.15, 0.2) is 0 Å². The average Bonchev–Trinajstić information content (AvgIpc) is 3.49. The van der Waals surface area contributed by atoms with Crippen LogP contribution in [0, 0.1) is 6.92 Å². The van der Waals surface area contributed by atoms with Gasteiger partial charge in [-0.05, 0) is 38.3 Å². The average molecular weight is 440 g/mol. The van der Waals surface area contributed by atoms with Gasteiger partial charge in [0.25, 0.3) is 0 Å². The Bertz CT molecular complexity index is 1010. The van der Waals surface area contributed by atoms with E-state index in [0.29, 0.717) is 23.9 Å². The van der Waals surface area contributed by atoms with Crippen molar-refractivity contribution >= 4 is 28.3 Å². The van der Waals surface area contributed by atoms with Crippen molar-refractivity contribution in [2.45, 2.75) is 55.6 Å². The normalized spacial score (nSPS) is 27.7. The van der Waals surface area contributed by atoms with Gasteiger partial charge in [-0.25, -0.2) is 4.98 Å². The molecule has 1 N–H and O–H groups in total. The van der Waals surface area contributed by atoms with Gasteiger partial charge in [-0.2, -0.15) is 4.98 Å². The van der Waals surface area contributed by atoms with E-state index in [0.717, 1.165) is 74.3 Å². The number of rotatable bonds is 4. The number of benzene rings is 1. The van der Waals surface area contributed by atoms with Crippen molar-refractivity contribution in [1.82, 2.24) is 9.97 Å². The fourth-order valence-corrected chi connectivity index (χ4v) is 6.72. The number of aryl methyl sites for hydroxylation is 2. The highest BCUT2D eigenvalue weighted by Crippen LogP contribution is 2.38. The first-order chi connectivity index (χ1) is 15.2. The number of nitrogens with zero attached hydrogens (tertiary/aromatic N) is 4. The maximum absolute atomic E-state index is 12.7. The summed E-state index contributed by atoms with van der Waals surface area (Å²) in [7, 11) is -1.00. The number of aromatic nitrogens is 2. The maximum atomic E-state index is 12.7. The van der Waals surface area contributed by atoms with Crippen LogP contribution in [0.4, 0.5) is 17.5 Å². The van der Waals surface area contributed by atoms with E-state index in [2.05, 4.69) is 46.3 Å². The smallest absolute Gasteiger partial charge is 0.227 e. The molecular formula is C23H29N5O2S. The number of nitrogens with one attached hydrogen (secondary N) is 1. The van der Waals surface area contributed by atoms with E-state index in [1.54, 1.807) is 0 Å². The van der Waals surface area contributed by atoms with Crippen molar-refractivity contribution in [2.75, 3.05) is 47.2 Å². The van der Waals surface area contributed by atoms with Crippen LogP contribution in [0.3, 0.4) is 0 Å². The van der Waals surface area contributed by atoms with Crippen LogP contribution in [-0.2, 0) is 22.0 Å². The molecule has 6 rings (SSSR count). The molecule has 0 amide bonds. The fourth-order valence-electron chi connectivity index (χ4n) is 5.41. The van der Waals surface area contributed by atoms with Crippen molar-refractivity contribution < 1.29 is 8.95 Å². The summed E-state index contributed by atoms with van der Waals surface area (Å²) < 4.78 is 18.2. The quantitative estimate of drug-likeness (QED) is 0.785. The largest absolute Gasteiger partial charge is 0.381 e. The zero-order valence-corrected chi connectivity index (χ0v) is 18.7. The van der Waals surface area contributed by atoms with Crippen molar-refractivity contribution in [3.8, 4) is 0 Å². The van der Waals surface area contributed by atoms with Gasteiger partial charge in [-0.3, -0.25) is 4.21 Å². The number of anilines is 3. The second-order valence-electron chi connectivity index (χ2n) is 9.16. The number of piperazine rings is 1. The number of hydrogen-bond donors (Lipinski definition) is 1. The van der Waals surface area contributed by atoms with Gasteiger partial charge >= 0.3 is 0 Å². The molecule has 8 heteroatoms. The molecule has 0 saturated carbocycles. The van der Waals surface area contributed by atoms with E-state index in [-0.39, 0.29) is 0 Å². The molecule has 0 aliphatic carbocycles. The van der Waals surface area contributed by atoms with E-state index < -0.39 is 10.8 Å². The summed E-state index contributed by atoms with van der Waals surface area (Å²) >= 11 is 0. The minimum Gasteiger partial charge on any atom is -0.381 e. The van der Waals surface area contributed by atoms with Crippen LogP contribution in [0.25, 0.3) is 0 Å². The molecule has 5 heterocycles. The third kappa shape index (κ3) is 3.49. The summed E-state index contributed by atoms with van der Waals surface area (Å²) in [4.78, 5) is 15.6. The number of fused-ring (bicyclic) bond motifs is 3. The number of ether oxygens (including phenoxy) is 1. The lowest BCUT2D eigenvalue weighted by Crippen LogP contribution is -2.47. The predicted octanol–water partition coefficient (Wildman–Crippen LogP) is 2.51. The summed E-state index contributed by atoms with van der Waals surface area (Å²) in [5.41, 5.74) is 3.57. The van der Waals surface area contributed by atoms with Gasteiger partial charge < -0.3 is 19.9 Å². The van der Waals surface area contributed by atoms with Crippen LogP contribution in [0.5, 0.6) is 0 Å². The molecule has 31 heavy (non-hydrogen) atoms. The summed E-state index contributed by atoms with van der Waals surface area (Å²) in [6.07, 6.45) is 3.83. The Kier molecular flexibility index (Phi) is 4.87. The van der Waals surface area contributed by atoms with Gasteiger partial charge in [-0.15, -0.1) is 0 Å². The van der Waals surface area contributed by atoms with Crippen LogP contribution in [0.1, 0.15) is 30.5 Å². The van der Waals surface area contributed by atoms with Crippen LogP contribution in [-0.4, -0.2) is 64.4 Å². The summed E-state index contributed by atoms with van der Waals surface area (Å²) in [5, 5.41) is 3.60. The predicted molar refractivity (Wildman–Crippen MR) is 123 cm³/mol. The molecule has 3 fully saturated rings. The van der Waals surface area contributed by atoms with Crippen LogP contribution < -0.4 is 15.1 Å². The van der Waals surface area contributed by atoms with Crippen LogP contribution >= 0.6 is 0 Å². The molecule has 3 saturated heterocycles. The molecule has 0 radical (unpaired) electrons. The summed E-state index contributed by atoms with van der Waals surface area (Å²) in [5.74, 6) is 2.26. The molecule has 2 unspecified atom stereocenters. The summed E-state index contributed by atoms with van der Waals surface area (Å²) in [6.45, 7) is 5.61. The lowest BCUT2D eigenvalue weighted by Gasteiger charge is -2.36. The Hall–Kier alpha value is -2.19. The molecule has 0 spiro atoms. The van der Waals surface area contributed by atoms with E-state index in [1.165, 1.54) is 11.3 Å². The van der Waals surface area contributed by atoms with E-state index in [1.807, 2.05) is 0 Å². The van der Waals surface area contributed by atoms with Crippen molar-refractivity contribution in [3.63, 3.8) is 0 Å². The third-order valence-electron chi connectivity index (χ3n) is 7.10. The molecule has 4 aliphatic heterocycles. The second kappa shape index (κ2) is 7.74. The highest BCUT2D eigenvalue weighted by molar-refractivity contribution is 7.85. The van der Waals surface area contributed by atoms with Gasteiger partial charge in [0, 0.05) is 56.2 Å². The van der Waals surface area contributed by atoms with Crippen molar-refractivity contribution in [2.24, 2.45) is 0 Å². The number of hydrogen-bond acceptors (Lipinski definition) is 7. The van der Waals surface area contributed by atoms with Crippen molar-refractivity contribution in [3.05, 3.63) is 35.5 Å². The molecule has 2 bridgehead atoms. The zero-order valence-electron chi connectivity index (χ0n) is 17.9. The minimum absolute atomic E-state index is 0.324. The zero-order chi connectivity index (χ0) is 20.9. The molecule has 1 aromatic carbocycles. The monoisotopic (exact) mass is 439 g/mol. The first kappa shape index (κ1) is 19.5. The van der Waals surface area contributed by atoms with Crippen LogP contribution in [0.15, 0.2) is 29.2 Å². The molecule has 3 atom stereocenters. The van der Waals surface area contributed by atoms with E-state index >= 15 is 0 Å². The maximum Gasteiger partial charge on any atom is 0.227 e. The molecule has 2 aromatic rings. The minimum atomic E-state index is -1.00. The third-order valence-corrected chi connectivity index (χ3v) is 8.56. The summed E-state index contributed by atoms with van der Waals surface area (Å²) in [6, 6.07) is 10.1. The molecule has 164 valence electrons. The SMILES string of the molecule is Cc1ccc(N2CC3C[C@@H]2CN3c2nc3c(c(NC4CCOCC4)n2)S(=O)CC3)cc1. The molecule has 7 nitrogen and oxygen atoms in total. The van der Waals surface area contributed by atoms with Crippen molar-refractivity contribution in [1.29, 1.82) is 0 Å². The Labute approximate surface area is 185 Å². The highest BCUT2D eigenvalue weighted by atomic mass is 32.2. The molecule has 4 aliphatic rings. The topological polar surface area (TPSA) is 70.6 Å². The first-order valence-corrected chi connectivity index (χ1v) is 12.7. The second-order valence-corrected chi connectivity index (χ2v) is 10.7. The van der Waals surface area contributed by atoms with E-state index in [9.17, 15) is 4.21 Å². The highest BCUT2D eigenvalue weighted by Gasteiger charge is 2.45. The lowest BCUT2D eigenvalue weighted by atomic mass is 10.1. The standard InChI is InChI=1S/C23H29N5O2S/c1-15-2-4-17(5-3-15)27-13-19-12-18(27)14-28(19)23-25-20-8-11-31(29)21(20)22(26-23)24-16-6-9-30-10-7-16/h2-5,16,18-19H,6-14H2,1H3,(H,24,25,26)/t18-,19?,31?/m1/s1. The van der Waals surface area contributed by atoms with Gasteiger partial charge in [0.05, 0.1) is 22.5 Å². The van der Waals surface area contributed by atoms with E-state index in [4.69, 9.17) is 14.7 Å². The molecular weight excluding hydrogens is 410 g/mol.